The van der Waals surface area contributed by atoms with E-state index < -0.39 is 0 Å². The van der Waals surface area contributed by atoms with Gasteiger partial charge in [-0.2, -0.15) is 0 Å². The molecule has 78 valence electrons. The first-order chi connectivity index (χ1) is 7.84. The summed E-state index contributed by atoms with van der Waals surface area (Å²) < 4.78 is 0. The molecular weight excluding hydrogens is 192 g/mol. The normalized spacial score (nSPS) is 18.4. The van der Waals surface area contributed by atoms with Crippen molar-refractivity contribution in [1.82, 2.24) is 0 Å². The van der Waals surface area contributed by atoms with Crippen molar-refractivity contribution < 1.29 is 0 Å². The lowest BCUT2D eigenvalue weighted by atomic mass is 9.99. The van der Waals surface area contributed by atoms with E-state index in [0.717, 1.165) is 0 Å². The Kier molecular flexibility index (Phi) is 2.14. The van der Waals surface area contributed by atoms with Crippen LogP contribution in [0.3, 0.4) is 0 Å². The van der Waals surface area contributed by atoms with E-state index in [1.807, 2.05) is 0 Å². The van der Waals surface area contributed by atoms with Crippen LogP contribution in [-0.2, 0) is 0 Å². The predicted octanol–water partition coefficient (Wildman–Crippen LogP) is 4.52. The van der Waals surface area contributed by atoms with Crippen LogP contribution < -0.4 is 0 Å². The van der Waals surface area contributed by atoms with Gasteiger partial charge in [0.25, 0.3) is 0 Å². The lowest BCUT2D eigenvalue weighted by molar-refractivity contribution is 0.954. The number of hydrogen-bond acceptors (Lipinski definition) is 0. The number of rotatable bonds is 0. The lowest BCUT2D eigenvalue weighted by Gasteiger charge is -2.05. The third-order valence-electron chi connectivity index (χ3n) is 3.15. The molecule has 1 aliphatic rings. The molecule has 0 nitrogen and oxygen atoms in total. The largest absolute Gasteiger partial charge is 0.0773 e. The molecule has 0 aliphatic heterocycles. The summed E-state index contributed by atoms with van der Waals surface area (Å²) in [6.07, 6.45) is 8.99. The maximum absolute atomic E-state index is 2.26. The highest BCUT2D eigenvalue weighted by Crippen LogP contribution is 2.27. The van der Waals surface area contributed by atoms with Gasteiger partial charge in [0.05, 0.1) is 0 Å². The second kappa shape index (κ2) is 3.64. The van der Waals surface area contributed by atoms with Crippen LogP contribution in [0, 0.1) is 5.92 Å². The highest BCUT2D eigenvalue weighted by molar-refractivity contribution is 5.94. The summed E-state index contributed by atoms with van der Waals surface area (Å²) >= 11 is 0. The highest BCUT2D eigenvalue weighted by Gasteiger charge is 2.05. The van der Waals surface area contributed by atoms with Gasteiger partial charge in [-0.25, -0.2) is 0 Å². The van der Waals surface area contributed by atoms with Crippen molar-refractivity contribution in [3.8, 4) is 0 Å². The minimum Gasteiger partial charge on any atom is -0.0773 e. The summed E-state index contributed by atoms with van der Waals surface area (Å²) in [5, 5.41) is 2.66. The van der Waals surface area contributed by atoms with Crippen LogP contribution in [0.1, 0.15) is 18.1 Å². The summed E-state index contributed by atoms with van der Waals surface area (Å²) in [6.45, 7) is 2.21. The molecule has 3 rings (SSSR count). The summed E-state index contributed by atoms with van der Waals surface area (Å²) in [5.41, 5.74) is 2.66. The molecule has 0 N–H and O–H groups in total. The smallest absolute Gasteiger partial charge is 0.00752 e. The van der Waals surface area contributed by atoms with E-state index in [4.69, 9.17) is 0 Å². The molecule has 16 heavy (non-hydrogen) atoms. The Bertz CT molecular complexity index is 588. The van der Waals surface area contributed by atoms with Crippen LogP contribution in [0.4, 0.5) is 0 Å². The zero-order chi connectivity index (χ0) is 11.0. The maximum atomic E-state index is 2.26. The second-order valence-corrected chi connectivity index (χ2v) is 4.37. The first-order valence-corrected chi connectivity index (χ1v) is 5.73. The molecule has 0 aromatic heterocycles. The first kappa shape index (κ1) is 9.41. The van der Waals surface area contributed by atoms with Crippen molar-refractivity contribution in [2.24, 2.45) is 5.92 Å². The van der Waals surface area contributed by atoms with Crippen LogP contribution in [0.5, 0.6) is 0 Å². The zero-order valence-electron chi connectivity index (χ0n) is 9.35. The monoisotopic (exact) mass is 206 g/mol. The Hall–Kier alpha value is -1.82. The molecule has 0 spiro atoms. The van der Waals surface area contributed by atoms with Crippen LogP contribution >= 0.6 is 0 Å². The van der Waals surface area contributed by atoms with Gasteiger partial charge in [0.1, 0.15) is 0 Å². The van der Waals surface area contributed by atoms with Crippen LogP contribution in [0.15, 0.2) is 48.6 Å². The van der Waals surface area contributed by atoms with E-state index in [1.165, 1.54) is 21.9 Å². The lowest BCUT2D eigenvalue weighted by Crippen LogP contribution is -1.82. The van der Waals surface area contributed by atoms with Gasteiger partial charge in [-0.3, -0.25) is 0 Å². The highest BCUT2D eigenvalue weighted by atomic mass is 14.1. The van der Waals surface area contributed by atoms with E-state index in [-0.39, 0.29) is 0 Å². The average molecular weight is 206 g/mol. The van der Waals surface area contributed by atoms with Crippen LogP contribution in [-0.4, -0.2) is 0 Å². The molecule has 1 aliphatic carbocycles. The van der Waals surface area contributed by atoms with Crippen molar-refractivity contribution in [3.05, 3.63) is 59.7 Å². The fraction of sp³-hybridized carbons (Fsp3) is 0.125. The number of fused-ring (bicyclic) bond motifs is 3. The standard InChI is InChI=1S/C16H14/c1-12-6-8-14-10-9-13-4-2-3-5-15(13)16(14)11-7-12/h2-12H,1H3. The fourth-order valence-electron chi connectivity index (χ4n) is 2.21. The number of hydrogen-bond donors (Lipinski definition) is 0. The quantitative estimate of drug-likeness (QED) is 0.594. The van der Waals surface area contributed by atoms with Gasteiger partial charge in [0, 0.05) is 0 Å². The van der Waals surface area contributed by atoms with Crippen molar-refractivity contribution >= 4 is 22.9 Å². The molecule has 0 fully saturated rings. The van der Waals surface area contributed by atoms with Gasteiger partial charge in [-0.15, -0.1) is 0 Å². The predicted molar refractivity (Wildman–Crippen MR) is 71.2 cm³/mol. The van der Waals surface area contributed by atoms with Crippen LogP contribution in [0.25, 0.3) is 22.9 Å². The topological polar surface area (TPSA) is 0 Å². The molecule has 1 unspecified atom stereocenters. The summed E-state index contributed by atoms with van der Waals surface area (Å²) in [4.78, 5) is 0. The Balaban J connectivity index is 2.35. The first-order valence-electron chi connectivity index (χ1n) is 5.73. The maximum Gasteiger partial charge on any atom is -0.00752 e. The summed E-state index contributed by atoms with van der Waals surface area (Å²) in [6, 6.07) is 13.0. The fourth-order valence-corrected chi connectivity index (χ4v) is 2.21. The van der Waals surface area contributed by atoms with Gasteiger partial charge in [-0.1, -0.05) is 67.6 Å². The van der Waals surface area contributed by atoms with Crippen molar-refractivity contribution in [2.45, 2.75) is 6.92 Å². The Labute approximate surface area is 95.9 Å². The molecule has 2 aromatic carbocycles. The Morgan fingerprint density at radius 3 is 2.62 bits per heavy atom. The van der Waals surface area contributed by atoms with Gasteiger partial charge >= 0.3 is 0 Å². The molecule has 0 bridgehead atoms. The van der Waals surface area contributed by atoms with Gasteiger partial charge < -0.3 is 0 Å². The van der Waals surface area contributed by atoms with E-state index in [0.29, 0.717) is 5.92 Å². The molecular formula is C16H14. The van der Waals surface area contributed by atoms with Crippen molar-refractivity contribution in [2.75, 3.05) is 0 Å². The van der Waals surface area contributed by atoms with Crippen molar-refractivity contribution in [3.63, 3.8) is 0 Å². The molecule has 0 saturated heterocycles. The molecule has 0 radical (unpaired) electrons. The third-order valence-corrected chi connectivity index (χ3v) is 3.15. The molecule has 0 saturated carbocycles. The van der Waals surface area contributed by atoms with E-state index in [9.17, 15) is 0 Å². The molecule has 0 amide bonds. The van der Waals surface area contributed by atoms with Gasteiger partial charge in [-0.05, 0) is 27.8 Å². The third kappa shape index (κ3) is 1.47. The molecule has 0 heteroatoms. The van der Waals surface area contributed by atoms with Gasteiger partial charge in [0.15, 0.2) is 0 Å². The van der Waals surface area contributed by atoms with Crippen LogP contribution in [0.2, 0.25) is 0 Å². The molecule has 2 aromatic rings. The second-order valence-electron chi connectivity index (χ2n) is 4.37. The van der Waals surface area contributed by atoms with E-state index in [1.54, 1.807) is 0 Å². The van der Waals surface area contributed by atoms with E-state index in [2.05, 4.69) is 67.6 Å². The zero-order valence-corrected chi connectivity index (χ0v) is 9.35. The minimum atomic E-state index is 0.520. The van der Waals surface area contributed by atoms with Gasteiger partial charge in [0.2, 0.25) is 0 Å². The Morgan fingerprint density at radius 1 is 0.875 bits per heavy atom. The average Bonchev–Trinajstić information content (AvgIpc) is 2.52. The number of benzene rings is 2. The van der Waals surface area contributed by atoms with Crippen molar-refractivity contribution in [1.29, 1.82) is 0 Å². The minimum absolute atomic E-state index is 0.520. The Morgan fingerprint density at radius 2 is 1.69 bits per heavy atom. The van der Waals surface area contributed by atoms with E-state index >= 15 is 0 Å². The summed E-state index contributed by atoms with van der Waals surface area (Å²) in [7, 11) is 0. The molecule has 1 atom stereocenters. The molecule has 0 heterocycles. The summed E-state index contributed by atoms with van der Waals surface area (Å²) in [5.74, 6) is 0.520. The number of allylic oxidation sites excluding steroid dienone is 2. The SMILES string of the molecule is CC1C=Cc2ccc3ccccc3c2C=C1.